The van der Waals surface area contributed by atoms with Crippen molar-refractivity contribution in [1.29, 1.82) is 0 Å². The third kappa shape index (κ3) is 28.2. The average molecular weight is 1000 g/mol. The van der Waals surface area contributed by atoms with Gasteiger partial charge in [-0.25, -0.2) is 13.9 Å². The highest BCUT2D eigenvalue weighted by Gasteiger charge is 2.46. The summed E-state index contributed by atoms with van der Waals surface area (Å²) >= 11 is 0. The van der Waals surface area contributed by atoms with Crippen molar-refractivity contribution in [2.45, 2.75) is 173 Å². The van der Waals surface area contributed by atoms with E-state index in [-0.39, 0.29) is 18.7 Å². The minimum Gasteiger partial charge on any atom is -0.462 e. The molecule has 0 saturated carbocycles. The molecule has 1 saturated heterocycles. The first-order valence-electron chi connectivity index (χ1n) is 23.8. The molecule has 8 atom stereocenters. The Morgan fingerprint density at radius 1 is 0.824 bits per heavy atom. The summed E-state index contributed by atoms with van der Waals surface area (Å²) in [6, 6.07) is 1.24. The predicted octanol–water partition coefficient (Wildman–Crippen LogP) is 7.99. The van der Waals surface area contributed by atoms with Crippen molar-refractivity contribution in [2.75, 3.05) is 25.6 Å². The van der Waals surface area contributed by atoms with E-state index in [0.29, 0.717) is 32.1 Å². The van der Waals surface area contributed by atoms with Crippen LogP contribution >= 0.6 is 15.6 Å². The normalized spacial score (nSPS) is 20.5. The number of esters is 2. The maximum Gasteiger partial charge on any atom is 0.481 e. The van der Waals surface area contributed by atoms with Crippen molar-refractivity contribution in [1.82, 2.24) is 9.55 Å². The van der Waals surface area contributed by atoms with E-state index in [4.69, 9.17) is 29.0 Å². The van der Waals surface area contributed by atoms with Gasteiger partial charge < -0.3 is 45.1 Å². The number of hydrogen-bond acceptors (Lipinski definition) is 16. The smallest absolute Gasteiger partial charge is 0.462 e. The van der Waals surface area contributed by atoms with Crippen molar-refractivity contribution >= 4 is 33.4 Å². The fraction of sp³-hybridized carbons (Fsp3) is 0.660. The van der Waals surface area contributed by atoms with Gasteiger partial charge in [0.15, 0.2) is 12.3 Å². The Morgan fingerprint density at radius 2 is 1.44 bits per heavy atom. The SMILES string of the molecule is CC/C=C\C(O)C/C=C/C=C\C/C=C\C/C=C\CCCC(=O)O[C@H](COC(=O)CCCCCCCCCCCC(C)C)COP(=O)(O)OP(=O)(O)OC[C@H]1O[C@@H](n2ccc(N)nc2=O)[C@H](O)[C@@H]1O. The average Bonchev–Trinajstić information content (AvgIpc) is 3.56. The summed E-state index contributed by atoms with van der Waals surface area (Å²) < 4.78 is 56.5. The molecule has 19 nitrogen and oxygen atoms in total. The Labute approximate surface area is 401 Å². The number of rotatable bonds is 37. The van der Waals surface area contributed by atoms with Crippen LogP contribution in [0, 0.1) is 5.92 Å². The second-order valence-corrected chi connectivity index (χ2v) is 20.0. The number of carbonyl (C=O) groups excluding carboxylic acids is 2. The Kier molecular flexibility index (Phi) is 30.9. The molecular formula is C47H77N3O16P2. The van der Waals surface area contributed by atoms with Gasteiger partial charge in [0.25, 0.3) is 0 Å². The van der Waals surface area contributed by atoms with Gasteiger partial charge in [0, 0.05) is 19.0 Å². The number of anilines is 1. The van der Waals surface area contributed by atoms with Gasteiger partial charge in [-0.15, -0.1) is 0 Å². The molecule has 1 aromatic heterocycles. The molecule has 0 spiro atoms. The first kappa shape index (κ1) is 60.5. The highest BCUT2D eigenvalue weighted by atomic mass is 31.3. The lowest BCUT2D eigenvalue weighted by molar-refractivity contribution is -0.161. The van der Waals surface area contributed by atoms with Crippen LogP contribution in [0.4, 0.5) is 5.82 Å². The van der Waals surface area contributed by atoms with Gasteiger partial charge in [-0.1, -0.05) is 139 Å². The van der Waals surface area contributed by atoms with E-state index < -0.39 is 89.8 Å². The molecule has 0 aliphatic carbocycles. The van der Waals surface area contributed by atoms with Gasteiger partial charge in [-0.05, 0) is 56.9 Å². The van der Waals surface area contributed by atoms with Crippen LogP contribution in [0.25, 0.3) is 0 Å². The fourth-order valence-corrected chi connectivity index (χ4v) is 8.78. The summed E-state index contributed by atoms with van der Waals surface area (Å²) in [6.45, 7) is 4.10. The van der Waals surface area contributed by atoms with Crippen molar-refractivity contribution in [3.8, 4) is 0 Å². The van der Waals surface area contributed by atoms with Crippen LogP contribution in [0.3, 0.4) is 0 Å². The summed E-state index contributed by atoms with van der Waals surface area (Å²) in [4.78, 5) is 61.7. The lowest BCUT2D eigenvalue weighted by Crippen LogP contribution is -2.36. The standard InChI is InChI=1S/C47H77N3O16P2/c1-4-5-28-38(51)29-24-20-16-12-8-6-7-9-13-18-22-26-31-43(53)64-39(34-61-42(52)30-25-21-17-14-10-11-15-19-23-27-37(2)3)35-62-67(57,58)66-68(59,60)63-36-40-44(54)45(55)46(65-40)50-33-32-41(48)49-47(50)56/h5-7,12-13,16,18,20,24,28,32-33,37-40,44-46,51,54-55H,4,8-11,14-15,17,19,21-23,25-27,29-31,34-36H2,1-3H3,(H,57,58)(H,59,60)(H2,48,49,56)/b7-6-,16-12-,18-13-,24-20+,28-5-/t38?,39-,40-,44-,45-,46-/m1/s1. The molecule has 1 aliphatic rings. The van der Waals surface area contributed by atoms with Crippen LogP contribution in [0.5, 0.6) is 0 Å². The topological polar surface area (TPSA) is 286 Å². The van der Waals surface area contributed by atoms with E-state index in [1.165, 1.54) is 38.2 Å². The van der Waals surface area contributed by atoms with Gasteiger partial charge in [0.05, 0.1) is 19.3 Å². The molecule has 0 amide bonds. The molecule has 1 aliphatic heterocycles. The summed E-state index contributed by atoms with van der Waals surface area (Å²) in [5.74, 6) is -0.670. The first-order chi connectivity index (χ1) is 32.4. The number of ether oxygens (including phenoxy) is 3. The minimum absolute atomic E-state index is 0.0477. The van der Waals surface area contributed by atoms with Gasteiger partial charge in [0.2, 0.25) is 0 Å². The largest absolute Gasteiger partial charge is 0.481 e. The second-order valence-electron chi connectivity index (χ2n) is 16.9. The molecule has 1 aromatic rings. The Hall–Kier alpha value is -3.58. The van der Waals surface area contributed by atoms with Gasteiger partial charge >= 0.3 is 33.3 Å². The van der Waals surface area contributed by atoms with E-state index >= 15 is 0 Å². The number of aliphatic hydroxyl groups is 3. The van der Waals surface area contributed by atoms with Crippen molar-refractivity contribution < 1.29 is 71.4 Å². The summed E-state index contributed by atoms with van der Waals surface area (Å²) in [5, 5.41) is 30.7. The molecule has 0 radical (unpaired) electrons. The van der Waals surface area contributed by atoms with Crippen LogP contribution in [0.1, 0.15) is 143 Å². The van der Waals surface area contributed by atoms with Gasteiger partial charge in [0.1, 0.15) is 30.7 Å². The van der Waals surface area contributed by atoms with Gasteiger partial charge in [-0.2, -0.15) is 9.29 Å². The number of aromatic nitrogens is 2. The number of unbranched alkanes of at least 4 members (excludes halogenated alkanes) is 9. The summed E-state index contributed by atoms with van der Waals surface area (Å²) in [5.41, 5.74) is 4.57. The number of phosphoric acid groups is 2. The number of carbonyl (C=O) groups is 2. The molecule has 21 heteroatoms. The highest BCUT2D eigenvalue weighted by Crippen LogP contribution is 2.60. The van der Waals surface area contributed by atoms with Crippen LogP contribution in [-0.2, 0) is 46.3 Å². The van der Waals surface area contributed by atoms with Gasteiger partial charge in [-0.3, -0.25) is 23.2 Å². The summed E-state index contributed by atoms with van der Waals surface area (Å²) in [6.07, 6.45) is 26.8. The molecule has 0 bridgehead atoms. The quantitative estimate of drug-likeness (QED) is 0.0121. The van der Waals surface area contributed by atoms with Crippen molar-refractivity contribution in [3.05, 3.63) is 83.5 Å². The van der Waals surface area contributed by atoms with Crippen LogP contribution in [-0.4, -0.2) is 96.9 Å². The molecule has 3 unspecified atom stereocenters. The third-order valence-electron chi connectivity index (χ3n) is 10.4. The van der Waals surface area contributed by atoms with Crippen LogP contribution < -0.4 is 11.4 Å². The maximum atomic E-state index is 12.8. The molecule has 0 aromatic carbocycles. The first-order valence-corrected chi connectivity index (χ1v) is 26.8. The molecule has 2 rings (SSSR count). The number of phosphoric ester groups is 2. The molecule has 1 fully saturated rings. The molecule has 7 N–H and O–H groups in total. The number of nitrogens with two attached hydrogens (primary N) is 1. The number of hydrogen-bond donors (Lipinski definition) is 6. The maximum absolute atomic E-state index is 12.8. The number of nitrogens with zero attached hydrogens (tertiary/aromatic N) is 2. The lowest BCUT2D eigenvalue weighted by Gasteiger charge is -2.21. The zero-order chi connectivity index (χ0) is 50.2. The molecular weight excluding hydrogens is 924 g/mol. The Balaban J connectivity index is 1.86. The van der Waals surface area contributed by atoms with E-state index in [9.17, 15) is 48.6 Å². The number of aliphatic hydroxyl groups excluding tert-OH is 3. The molecule has 2 heterocycles. The van der Waals surface area contributed by atoms with Crippen LogP contribution in [0.2, 0.25) is 0 Å². The number of nitrogen functional groups attached to an aromatic ring is 1. The van der Waals surface area contributed by atoms with Crippen LogP contribution in [0.15, 0.2) is 77.8 Å². The predicted molar refractivity (Wildman–Crippen MR) is 258 cm³/mol. The minimum atomic E-state index is -5.44. The lowest BCUT2D eigenvalue weighted by atomic mass is 10.0. The van der Waals surface area contributed by atoms with E-state index in [2.05, 4.69) is 23.1 Å². The summed E-state index contributed by atoms with van der Waals surface area (Å²) in [7, 11) is -10.9. The van der Waals surface area contributed by atoms with E-state index in [1.807, 2.05) is 61.6 Å². The monoisotopic (exact) mass is 1000 g/mol. The van der Waals surface area contributed by atoms with Crippen molar-refractivity contribution in [2.24, 2.45) is 5.92 Å². The molecule has 68 heavy (non-hydrogen) atoms. The fourth-order valence-electron chi connectivity index (χ4n) is 6.67. The number of allylic oxidation sites excluding steroid dienone is 8. The molecule has 386 valence electrons. The highest BCUT2D eigenvalue weighted by molar-refractivity contribution is 7.61. The Morgan fingerprint density at radius 3 is 2.12 bits per heavy atom. The Bertz CT molecular complexity index is 1900. The second kappa shape index (κ2) is 34.7. The third-order valence-corrected chi connectivity index (χ3v) is 13.0. The van der Waals surface area contributed by atoms with Crippen molar-refractivity contribution in [3.63, 3.8) is 0 Å². The van der Waals surface area contributed by atoms with E-state index in [0.717, 1.165) is 55.2 Å². The zero-order valence-corrected chi connectivity index (χ0v) is 41.7. The van der Waals surface area contributed by atoms with E-state index in [1.54, 1.807) is 6.08 Å². The zero-order valence-electron chi connectivity index (χ0n) is 39.9.